The van der Waals surface area contributed by atoms with E-state index in [1.807, 2.05) is 6.07 Å². The molecule has 1 saturated heterocycles. The van der Waals surface area contributed by atoms with E-state index in [1.54, 1.807) is 18.2 Å². The lowest BCUT2D eigenvalue weighted by Gasteiger charge is -2.34. The van der Waals surface area contributed by atoms with Crippen molar-refractivity contribution in [2.24, 2.45) is 0 Å². The number of sulfonamides is 1. The predicted molar refractivity (Wildman–Crippen MR) is 115 cm³/mol. The Labute approximate surface area is 180 Å². The van der Waals surface area contributed by atoms with Gasteiger partial charge in [-0.25, -0.2) is 17.5 Å². The number of hydrogen-bond donors (Lipinski definition) is 2. The number of halogens is 1. The molecule has 2 heterocycles. The number of carbonyl (C=O) groups is 1. The Morgan fingerprint density at radius 2 is 1.90 bits per heavy atom. The first-order valence-corrected chi connectivity index (χ1v) is 12.4. The van der Waals surface area contributed by atoms with Gasteiger partial charge in [-0.05, 0) is 36.2 Å². The molecule has 7 nitrogen and oxygen atoms in total. The largest absolute Gasteiger partial charge is 0.379 e. The number of nitrogens with one attached hydrogen (secondary N) is 2. The molecule has 1 fully saturated rings. The smallest absolute Gasteiger partial charge is 0.261 e. The third kappa shape index (κ3) is 6.85. The molecule has 164 valence electrons. The average molecular weight is 456 g/mol. The zero-order valence-corrected chi connectivity index (χ0v) is 18.4. The third-order valence-corrected chi connectivity index (χ3v) is 6.69. The predicted octanol–water partition coefficient (Wildman–Crippen LogP) is 1.78. The summed E-state index contributed by atoms with van der Waals surface area (Å²) >= 11 is 1.35. The van der Waals surface area contributed by atoms with Gasteiger partial charge in [0, 0.05) is 31.1 Å². The third-order valence-electron chi connectivity index (χ3n) is 4.82. The van der Waals surface area contributed by atoms with E-state index in [-0.39, 0.29) is 17.8 Å². The summed E-state index contributed by atoms with van der Waals surface area (Å²) in [4.78, 5) is 16.4. The molecule has 0 aliphatic carbocycles. The van der Waals surface area contributed by atoms with E-state index < -0.39 is 10.0 Å². The Morgan fingerprint density at radius 3 is 2.57 bits per heavy atom. The minimum absolute atomic E-state index is 0.0724. The number of nitrogens with zero attached hydrogens (tertiary/aromatic N) is 1. The summed E-state index contributed by atoms with van der Waals surface area (Å²) < 4.78 is 43.5. The molecule has 0 radical (unpaired) electrons. The number of hydrogen-bond acceptors (Lipinski definition) is 6. The highest BCUT2D eigenvalue weighted by Gasteiger charge is 2.23. The van der Waals surface area contributed by atoms with Crippen LogP contribution in [0.2, 0.25) is 0 Å². The first kappa shape index (κ1) is 22.8. The van der Waals surface area contributed by atoms with Crippen LogP contribution in [-0.2, 0) is 21.2 Å². The molecule has 2 N–H and O–H groups in total. The molecule has 1 unspecified atom stereocenters. The number of thiophene rings is 1. The van der Waals surface area contributed by atoms with Crippen molar-refractivity contribution in [3.05, 3.63) is 57.5 Å². The summed E-state index contributed by atoms with van der Waals surface area (Å²) in [6.45, 7) is 3.43. The normalized spacial score (nSPS) is 16.3. The number of ether oxygens (including phenoxy) is 1. The Balaban J connectivity index is 1.60. The maximum atomic E-state index is 13.3. The van der Waals surface area contributed by atoms with E-state index in [0.29, 0.717) is 37.6 Å². The lowest BCUT2D eigenvalue weighted by Crippen LogP contribution is -2.43. The summed E-state index contributed by atoms with van der Waals surface area (Å²) in [6, 6.07) is 9.87. The summed E-state index contributed by atoms with van der Waals surface area (Å²) in [5, 5.41) is 2.99. The Kier molecular flexibility index (Phi) is 7.95. The highest BCUT2D eigenvalue weighted by atomic mass is 32.2. The molecule has 1 aliphatic rings. The number of amides is 1. The maximum Gasteiger partial charge on any atom is 0.261 e. The average Bonchev–Trinajstić information content (AvgIpc) is 3.18. The minimum atomic E-state index is -3.22. The van der Waals surface area contributed by atoms with Gasteiger partial charge in [0.05, 0.1) is 30.4 Å². The van der Waals surface area contributed by atoms with Gasteiger partial charge in [-0.15, -0.1) is 11.3 Å². The molecule has 2 aromatic rings. The molecule has 1 amide bonds. The van der Waals surface area contributed by atoms with Crippen molar-refractivity contribution in [3.8, 4) is 0 Å². The van der Waals surface area contributed by atoms with Crippen LogP contribution in [0.1, 0.15) is 26.2 Å². The summed E-state index contributed by atoms with van der Waals surface area (Å²) in [5.74, 6) is -0.470. The Bertz CT molecular complexity index is 941. The van der Waals surface area contributed by atoms with Crippen LogP contribution in [0.15, 0.2) is 36.4 Å². The minimum Gasteiger partial charge on any atom is -0.379 e. The van der Waals surface area contributed by atoms with E-state index >= 15 is 0 Å². The monoisotopic (exact) mass is 455 g/mol. The molecule has 1 atom stereocenters. The van der Waals surface area contributed by atoms with Crippen LogP contribution in [-0.4, -0.2) is 64.9 Å². The van der Waals surface area contributed by atoms with Gasteiger partial charge in [0.25, 0.3) is 5.91 Å². The molecule has 1 aliphatic heterocycles. The lowest BCUT2D eigenvalue weighted by atomic mass is 10.0. The number of morpholine rings is 1. The van der Waals surface area contributed by atoms with Crippen molar-refractivity contribution in [2.45, 2.75) is 12.5 Å². The fraction of sp³-hybridized carbons (Fsp3) is 0.450. The van der Waals surface area contributed by atoms with Crippen molar-refractivity contribution in [1.29, 1.82) is 0 Å². The standard InChI is InChI=1S/C20H26FN3O4S2/c1-30(26,27)23-9-8-17-6-7-19(29-17)20(25)22-14-18(24-10-12-28-13-11-24)15-2-4-16(21)5-3-15/h2-7,18,23H,8-14H2,1H3,(H,22,25). The van der Waals surface area contributed by atoms with Crippen molar-refractivity contribution in [1.82, 2.24) is 14.9 Å². The van der Waals surface area contributed by atoms with Gasteiger partial charge in [0.2, 0.25) is 10.0 Å². The highest BCUT2D eigenvalue weighted by Crippen LogP contribution is 2.22. The van der Waals surface area contributed by atoms with Crippen molar-refractivity contribution >= 4 is 27.3 Å². The Morgan fingerprint density at radius 1 is 1.20 bits per heavy atom. The van der Waals surface area contributed by atoms with E-state index in [9.17, 15) is 17.6 Å². The summed E-state index contributed by atoms with van der Waals surface area (Å²) in [5.41, 5.74) is 0.942. The molecule has 0 spiro atoms. The summed E-state index contributed by atoms with van der Waals surface area (Å²) in [6.07, 6.45) is 1.64. The van der Waals surface area contributed by atoms with Gasteiger partial charge in [0.15, 0.2) is 0 Å². The van der Waals surface area contributed by atoms with E-state index in [1.165, 1.54) is 23.5 Å². The fourth-order valence-corrected chi connectivity index (χ4v) is 4.70. The number of rotatable bonds is 9. The zero-order chi connectivity index (χ0) is 21.6. The highest BCUT2D eigenvalue weighted by molar-refractivity contribution is 7.88. The van der Waals surface area contributed by atoms with Crippen LogP contribution in [0, 0.1) is 5.82 Å². The van der Waals surface area contributed by atoms with Gasteiger partial charge >= 0.3 is 0 Å². The van der Waals surface area contributed by atoms with Crippen LogP contribution in [0.4, 0.5) is 4.39 Å². The van der Waals surface area contributed by atoms with E-state index in [0.717, 1.165) is 29.8 Å². The first-order chi connectivity index (χ1) is 14.3. The Hall–Kier alpha value is -1.85. The second-order valence-electron chi connectivity index (χ2n) is 7.11. The second-order valence-corrected chi connectivity index (χ2v) is 10.1. The molecular weight excluding hydrogens is 429 g/mol. The molecule has 1 aromatic heterocycles. The topological polar surface area (TPSA) is 87.7 Å². The van der Waals surface area contributed by atoms with Crippen LogP contribution in [0.3, 0.4) is 0 Å². The molecular formula is C20H26FN3O4S2. The maximum absolute atomic E-state index is 13.3. The van der Waals surface area contributed by atoms with Crippen LogP contribution in [0.25, 0.3) is 0 Å². The van der Waals surface area contributed by atoms with Gasteiger partial charge in [-0.2, -0.15) is 0 Å². The molecule has 0 bridgehead atoms. The van der Waals surface area contributed by atoms with Crippen molar-refractivity contribution in [3.63, 3.8) is 0 Å². The van der Waals surface area contributed by atoms with Crippen LogP contribution in [0.5, 0.6) is 0 Å². The molecule has 3 rings (SSSR count). The van der Waals surface area contributed by atoms with Crippen molar-refractivity contribution in [2.75, 3.05) is 45.6 Å². The fourth-order valence-electron chi connectivity index (χ4n) is 3.30. The van der Waals surface area contributed by atoms with Crippen LogP contribution < -0.4 is 10.0 Å². The SMILES string of the molecule is CS(=O)(=O)NCCc1ccc(C(=O)NCC(c2ccc(F)cc2)N2CCOCC2)s1. The second kappa shape index (κ2) is 10.5. The lowest BCUT2D eigenvalue weighted by molar-refractivity contribution is 0.0162. The quantitative estimate of drug-likeness (QED) is 0.602. The number of carbonyl (C=O) groups excluding carboxylic acids is 1. The van der Waals surface area contributed by atoms with E-state index in [4.69, 9.17) is 4.74 Å². The van der Waals surface area contributed by atoms with Crippen LogP contribution >= 0.6 is 11.3 Å². The molecule has 10 heteroatoms. The van der Waals surface area contributed by atoms with Gasteiger partial charge < -0.3 is 10.1 Å². The van der Waals surface area contributed by atoms with Crippen molar-refractivity contribution < 1.29 is 22.3 Å². The van der Waals surface area contributed by atoms with Gasteiger partial charge in [0.1, 0.15) is 5.82 Å². The molecule has 0 saturated carbocycles. The van der Waals surface area contributed by atoms with Gasteiger partial charge in [-0.3, -0.25) is 9.69 Å². The molecule has 1 aromatic carbocycles. The first-order valence-electron chi connectivity index (χ1n) is 9.70. The zero-order valence-electron chi connectivity index (χ0n) is 16.8. The molecule has 30 heavy (non-hydrogen) atoms. The van der Waals surface area contributed by atoms with Gasteiger partial charge in [-0.1, -0.05) is 12.1 Å². The van der Waals surface area contributed by atoms with E-state index in [2.05, 4.69) is 14.9 Å². The number of benzene rings is 1. The summed E-state index contributed by atoms with van der Waals surface area (Å²) in [7, 11) is -3.22.